The monoisotopic (exact) mass is 491 g/mol. The first kappa shape index (κ1) is 25.8. The third kappa shape index (κ3) is 5.62. The molecule has 1 saturated heterocycles. The lowest BCUT2D eigenvalue weighted by atomic mass is 10.1. The quantitative estimate of drug-likeness (QED) is 0.430. The summed E-state index contributed by atoms with van der Waals surface area (Å²) in [5, 5.41) is 7.02. The van der Waals surface area contributed by atoms with Gasteiger partial charge in [0, 0.05) is 46.7 Å². The van der Waals surface area contributed by atoms with Crippen molar-refractivity contribution in [3.63, 3.8) is 0 Å². The maximum absolute atomic E-state index is 13.3. The summed E-state index contributed by atoms with van der Waals surface area (Å²) in [5.74, 6) is 0.839. The third-order valence-electron chi connectivity index (χ3n) is 5.55. The molecule has 0 unspecified atom stereocenters. The highest BCUT2D eigenvalue weighted by molar-refractivity contribution is 7.89. The number of aryl methyl sites for hydroxylation is 2. The van der Waals surface area contributed by atoms with E-state index in [0.29, 0.717) is 56.3 Å². The minimum absolute atomic E-state index is 0.120. The highest BCUT2D eigenvalue weighted by atomic mass is 32.2. The lowest BCUT2D eigenvalue weighted by Gasteiger charge is -2.31. The predicted molar refractivity (Wildman–Crippen MR) is 129 cm³/mol. The second-order valence-electron chi connectivity index (χ2n) is 8.05. The van der Waals surface area contributed by atoms with Crippen molar-refractivity contribution in [1.82, 2.24) is 29.3 Å². The zero-order valence-corrected chi connectivity index (χ0v) is 21.2. The van der Waals surface area contributed by atoms with Crippen molar-refractivity contribution in [2.45, 2.75) is 31.6 Å². The van der Waals surface area contributed by atoms with Gasteiger partial charge in [-0.1, -0.05) is 6.92 Å². The number of carbonyl (C=O) groups excluding carboxylic acids is 1. The molecule has 0 spiro atoms. The summed E-state index contributed by atoms with van der Waals surface area (Å²) in [7, 11) is 1.42. The van der Waals surface area contributed by atoms with Gasteiger partial charge in [0.15, 0.2) is 5.82 Å². The summed E-state index contributed by atoms with van der Waals surface area (Å²) in [5.41, 5.74) is 0.379. The van der Waals surface area contributed by atoms with Gasteiger partial charge < -0.3 is 15.0 Å². The molecule has 0 radical (unpaired) electrons. The Morgan fingerprint density at radius 3 is 2.50 bits per heavy atom. The standard InChI is InChI=1S/C22H33N7O4S/c1-6-8-19-24-21(28(5)26-19)22(30)25-20(23-3)17-15-16(9-10-18(17)33-7-2)34(31,32)29-13-11-27(4)12-14-29/h9-10,15H,6-8,11-14H2,1-5H3,(H,23,25,30). The fraction of sp³-hybridized carbons (Fsp3) is 0.545. The van der Waals surface area contributed by atoms with Crippen LogP contribution < -0.4 is 10.1 Å². The Bertz CT molecular complexity index is 1150. The molecule has 186 valence electrons. The molecule has 2 aromatic rings. The molecule has 1 aromatic heterocycles. The van der Waals surface area contributed by atoms with Crippen molar-refractivity contribution in [2.75, 3.05) is 46.9 Å². The van der Waals surface area contributed by atoms with Gasteiger partial charge in [-0.15, -0.1) is 0 Å². The van der Waals surface area contributed by atoms with E-state index >= 15 is 0 Å². The highest BCUT2D eigenvalue weighted by Gasteiger charge is 2.29. The van der Waals surface area contributed by atoms with Crippen LogP contribution in [0, 0.1) is 0 Å². The molecule has 11 nitrogen and oxygen atoms in total. The Morgan fingerprint density at radius 1 is 1.18 bits per heavy atom. The number of amides is 1. The number of likely N-dealkylation sites (N-methyl/N-ethyl adjacent to an activating group) is 1. The van der Waals surface area contributed by atoms with Crippen LogP contribution in [0.5, 0.6) is 5.75 Å². The van der Waals surface area contributed by atoms with Gasteiger partial charge in [-0.25, -0.2) is 18.1 Å². The van der Waals surface area contributed by atoms with Crippen LogP contribution in [0.2, 0.25) is 0 Å². The summed E-state index contributed by atoms with van der Waals surface area (Å²) >= 11 is 0. The molecule has 0 saturated carbocycles. The maximum atomic E-state index is 13.3. The molecule has 0 aliphatic carbocycles. The average molecular weight is 492 g/mol. The van der Waals surface area contributed by atoms with Crippen LogP contribution in [0.4, 0.5) is 0 Å². The Morgan fingerprint density at radius 2 is 1.88 bits per heavy atom. The van der Waals surface area contributed by atoms with E-state index in [-0.39, 0.29) is 16.6 Å². The number of hydrogen-bond acceptors (Lipinski definition) is 8. The number of amidine groups is 1. The largest absolute Gasteiger partial charge is 0.493 e. The zero-order chi connectivity index (χ0) is 24.9. The number of carbonyl (C=O) groups is 1. The lowest BCUT2D eigenvalue weighted by molar-refractivity contribution is 0.0962. The first-order valence-electron chi connectivity index (χ1n) is 11.3. The van der Waals surface area contributed by atoms with Crippen molar-refractivity contribution < 1.29 is 17.9 Å². The number of sulfonamides is 1. The maximum Gasteiger partial charge on any atom is 0.294 e. The highest BCUT2D eigenvalue weighted by Crippen LogP contribution is 2.26. The van der Waals surface area contributed by atoms with Crippen molar-refractivity contribution in [2.24, 2.45) is 12.0 Å². The molecule has 2 heterocycles. The summed E-state index contributed by atoms with van der Waals surface area (Å²) in [4.78, 5) is 23.7. The van der Waals surface area contributed by atoms with Gasteiger partial charge in [0.2, 0.25) is 15.8 Å². The van der Waals surface area contributed by atoms with E-state index in [1.54, 1.807) is 13.1 Å². The summed E-state index contributed by atoms with van der Waals surface area (Å²) < 4.78 is 35.2. The number of aliphatic imine (C=N–C) groups is 1. The van der Waals surface area contributed by atoms with Crippen molar-refractivity contribution in [3.05, 3.63) is 35.4 Å². The van der Waals surface area contributed by atoms with Crippen LogP contribution >= 0.6 is 0 Å². The predicted octanol–water partition coefficient (Wildman–Crippen LogP) is 0.909. The number of aromatic nitrogens is 3. The van der Waals surface area contributed by atoms with Gasteiger partial charge in [-0.3, -0.25) is 9.79 Å². The number of nitrogens with zero attached hydrogens (tertiary/aromatic N) is 6. The number of benzene rings is 1. The van der Waals surface area contributed by atoms with Gasteiger partial charge in [0.05, 0.1) is 17.1 Å². The zero-order valence-electron chi connectivity index (χ0n) is 20.4. The van der Waals surface area contributed by atoms with E-state index in [2.05, 4.69) is 25.3 Å². The summed E-state index contributed by atoms with van der Waals surface area (Å²) in [6.07, 6.45) is 1.52. The minimum atomic E-state index is -3.71. The molecular weight excluding hydrogens is 458 g/mol. The molecule has 1 N–H and O–H groups in total. The molecule has 1 aromatic carbocycles. The molecular formula is C22H33N7O4S. The van der Waals surface area contributed by atoms with Gasteiger partial charge in [0.1, 0.15) is 11.6 Å². The lowest BCUT2D eigenvalue weighted by Crippen LogP contribution is -2.47. The van der Waals surface area contributed by atoms with E-state index in [1.165, 1.54) is 28.2 Å². The number of rotatable bonds is 8. The van der Waals surface area contributed by atoms with Crippen LogP contribution in [-0.2, 0) is 23.5 Å². The van der Waals surface area contributed by atoms with Crippen LogP contribution in [0.15, 0.2) is 28.1 Å². The molecule has 1 aliphatic heterocycles. The van der Waals surface area contributed by atoms with Gasteiger partial charge in [-0.2, -0.15) is 9.40 Å². The molecule has 34 heavy (non-hydrogen) atoms. The average Bonchev–Trinajstić information content (AvgIpc) is 3.18. The Hall–Kier alpha value is -2.83. The van der Waals surface area contributed by atoms with E-state index in [9.17, 15) is 13.2 Å². The molecule has 1 fully saturated rings. The topological polar surface area (TPSA) is 122 Å². The summed E-state index contributed by atoms with van der Waals surface area (Å²) in [6, 6.07) is 4.62. The number of nitrogens with one attached hydrogen (secondary N) is 1. The van der Waals surface area contributed by atoms with Crippen LogP contribution in [0.3, 0.4) is 0 Å². The fourth-order valence-electron chi connectivity index (χ4n) is 3.69. The Kier molecular flexibility index (Phi) is 8.39. The Balaban J connectivity index is 1.93. The number of ether oxygens (including phenoxy) is 1. The molecule has 0 atom stereocenters. The molecule has 1 amide bonds. The molecule has 3 rings (SSSR count). The van der Waals surface area contributed by atoms with Crippen molar-refractivity contribution >= 4 is 21.8 Å². The molecule has 1 aliphatic rings. The second kappa shape index (κ2) is 11.1. The smallest absolute Gasteiger partial charge is 0.294 e. The summed E-state index contributed by atoms with van der Waals surface area (Å²) in [6.45, 7) is 6.37. The van der Waals surface area contributed by atoms with E-state index in [1.807, 2.05) is 20.9 Å². The van der Waals surface area contributed by atoms with Crippen LogP contribution in [0.1, 0.15) is 42.3 Å². The minimum Gasteiger partial charge on any atom is -0.493 e. The fourth-order valence-corrected chi connectivity index (χ4v) is 5.13. The molecule has 12 heteroatoms. The van der Waals surface area contributed by atoms with Gasteiger partial charge in [-0.05, 0) is 38.6 Å². The van der Waals surface area contributed by atoms with Crippen LogP contribution in [0.25, 0.3) is 0 Å². The van der Waals surface area contributed by atoms with Gasteiger partial charge in [0.25, 0.3) is 5.91 Å². The van der Waals surface area contributed by atoms with E-state index in [0.717, 1.165) is 6.42 Å². The SMILES string of the molecule is CCCc1nc(C(=O)NC(=NC)c2cc(S(=O)(=O)N3CCN(C)CC3)ccc2OCC)n(C)n1. The second-order valence-corrected chi connectivity index (χ2v) is 9.99. The van der Waals surface area contributed by atoms with E-state index < -0.39 is 15.9 Å². The third-order valence-corrected chi connectivity index (χ3v) is 7.44. The molecule has 0 bridgehead atoms. The normalized spacial score (nSPS) is 16.0. The first-order valence-corrected chi connectivity index (χ1v) is 12.8. The van der Waals surface area contributed by atoms with Crippen LogP contribution in [-0.4, -0.2) is 91.0 Å². The Labute approximate surface area is 200 Å². The van der Waals surface area contributed by atoms with Crippen molar-refractivity contribution in [1.29, 1.82) is 0 Å². The first-order chi connectivity index (χ1) is 16.2. The number of piperazine rings is 1. The van der Waals surface area contributed by atoms with Gasteiger partial charge >= 0.3 is 0 Å². The number of hydrogen-bond donors (Lipinski definition) is 1. The van der Waals surface area contributed by atoms with Crippen molar-refractivity contribution in [3.8, 4) is 5.75 Å². The van der Waals surface area contributed by atoms with E-state index in [4.69, 9.17) is 4.74 Å².